The van der Waals surface area contributed by atoms with Crippen LogP contribution in [0, 0.1) is 0 Å². The number of hydrogen-bond acceptors (Lipinski definition) is 3. The van der Waals surface area contributed by atoms with Crippen molar-refractivity contribution in [1.29, 1.82) is 0 Å². The van der Waals surface area contributed by atoms with Crippen molar-refractivity contribution in [1.82, 2.24) is 19.4 Å². The summed E-state index contributed by atoms with van der Waals surface area (Å²) in [6.45, 7) is 1.51. The Morgan fingerprint density at radius 1 is 1.08 bits per heavy atom. The average molecular weight is 320 g/mol. The van der Waals surface area contributed by atoms with E-state index in [1.54, 1.807) is 12.3 Å². The van der Waals surface area contributed by atoms with Gasteiger partial charge in [0.05, 0.1) is 11.0 Å². The third-order valence-corrected chi connectivity index (χ3v) is 4.85. The molecule has 3 heterocycles. The number of imidazole rings is 1. The number of carbonyl (C=O) groups is 1. The topological polar surface area (TPSA) is 51.0 Å². The zero-order valence-electron chi connectivity index (χ0n) is 13.7. The van der Waals surface area contributed by atoms with Crippen LogP contribution in [0.5, 0.6) is 0 Å². The minimum Gasteiger partial charge on any atom is -0.337 e. The fraction of sp³-hybridized carbons (Fsp3) is 0.316. The van der Waals surface area contributed by atoms with E-state index >= 15 is 0 Å². The van der Waals surface area contributed by atoms with E-state index in [-0.39, 0.29) is 5.91 Å². The van der Waals surface area contributed by atoms with Crippen LogP contribution in [0.15, 0.2) is 48.7 Å². The molecule has 5 nitrogen and oxygen atoms in total. The number of likely N-dealkylation sites (tertiary alicyclic amines) is 1. The fourth-order valence-electron chi connectivity index (χ4n) is 3.52. The zero-order valence-corrected chi connectivity index (χ0v) is 13.7. The molecule has 1 amide bonds. The van der Waals surface area contributed by atoms with Crippen LogP contribution in [-0.2, 0) is 7.05 Å². The van der Waals surface area contributed by atoms with Gasteiger partial charge < -0.3 is 9.47 Å². The lowest BCUT2D eigenvalue weighted by molar-refractivity contribution is 0.0704. The summed E-state index contributed by atoms with van der Waals surface area (Å²) in [5.41, 5.74) is 2.74. The second-order valence-electron chi connectivity index (χ2n) is 6.30. The lowest BCUT2D eigenvalue weighted by Crippen LogP contribution is -2.38. The Labute approximate surface area is 140 Å². The van der Waals surface area contributed by atoms with Crippen LogP contribution in [0.1, 0.15) is 35.1 Å². The van der Waals surface area contributed by atoms with Gasteiger partial charge in [-0.25, -0.2) is 4.98 Å². The van der Waals surface area contributed by atoms with Crippen LogP contribution < -0.4 is 0 Å². The summed E-state index contributed by atoms with van der Waals surface area (Å²) in [5.74, 6) is 1.55. The van der Waals surface area contributed by atoms with Crippen molar-refractivity contribution in [3.05, 3.63) is 60.2 Å². The molecule has 4 rings (SSSR count). The normalized spacial score (nSPS) is 15.8. The Bertz CT molecular complexity index is 863. The first-order valence-electron chi connectivity index (χ1n) is 8.35. The Hall–Kier alpha value is -2.69. The van der Waals surface area contributed by atoms with Crippen LogP contribution in [0.2, 0.25) is 0 Å². The van der Waals surface area contributed by atoms with Gasteiger partial charge in [-0.1, -0.05) is 18.2 Å². The third kappa shape index (κ3) is 2.56. The van der Waals surface area contributed by atoms with Gasteiger partial charge in [-0.15, -0.1) is 0 Å². The molecule has 0 spiro atoms. The highest BCUT2D eigenvalue weighted by Crippen LogP contribution is 2.29. The van der Waals surface area contributed by atoms with Crippen molar-refractivity contribution in [3.8, 4) is 0 Å². The first-order chi connectivity index (χ1) is 11.7. The molecular formula is C19H20N4O. The maximum absolute atomic E-state index is 12.5. The Morgan fingerprint density at radius 2 is 1.83 bits per heavy atom. The molecule has 24 heavy (non-hydrogen) atoms. The number of rotatable bonds is 2. The maximum atomic E-state index is 12.5. The number of piperidine rings is 1. The highest BCUT2D eigenvalue weighted by Gasteiger charge is 2.27. The van der Waals surface area contributed by atoms with Crippen molar-refractivity contribution in [3.63, 3.8) is 0 Å². The molecule has 1 aliphatic rings. The maximum Gasteiger partial charge on any atom is 0.272 e. The molecule has 1 aromatic carbocycles. The number of aromatic nitrogens is 3. The van der Waals surface area contributed by atoms with E-state index in [1.807, 2.05) is 29.2 Å². The average Bonchev–Trinajstić information content (AvgIpc) is 2.99. The third-order valence-electron chi connectivity index (χ3n) is 4.85. The summed E-state index contributed by atoms with van der Waals surface area (Å²) in [6, 6.07) is 13.7. The summed E-state index contributed by atoms with van der Waals surface area (Å²) in [5, 5.41) is 0. The van der Waals surface area contributed by atoms with E-state index < -0.39 is 0 Å². The van der Waals surface area contributed by atoms with Crippen LogP contribution in [0.3, 0.4) is 0 Å². The minimum atomic E-state index is 0.0269. The molecule has 0 radical (unpaired) electrons. The molecule has 1 aliphatic heterocycles. The molecule has 0 saturated carbocycles. The molecule has 2 aromatic heterocycles. The van der Waals surface area contributed by atoms with E-state index in [4.69, 9.17) is 4.98 Å². The van der Waals surface area contributed by atoms with Gasteiger partial charge in [0, 0.05) is 32.3 Å². The Kier molecular flexibility index (Phi) is 3.76. The molecule has 5 heteroatoms. The number of fused-ring (bicyclic) bond motifs is 1. The molecule has 1 saturated heterocycles. The van der Waals surface area contributed by atoms with Crippen molar-refractivity contribution in [2.24, 2.45) is 7.05 Å². The molecule has 0 aliphatic carbocycles. The summed E-state index contributed by atoms with van der Waals surface area (Å²) < 4.78 is 2.19. The Morgan fingerprint density at radius 3 is 2.54 bits per heavy atom. The standard InChI is InChI=1S/C19H20N4O/c1-22-17-8-3-2-6-15(17)21-18(22)14-9-12-23(13-10-14)19(24)16-7-4-5-11-20-16/h2-8,11,14H,9-10,12-13H2,1H3. The second kappa shape index (κ2) is 6.07. The number of hydrogen-bond donors (Lipinski definition) is 0. The van der Waals surface area contributed by atoms with Gasteiger partial charge >= 0.3 is 0 Å². The molecule has 0 unspecified atom stereocenters. The summed E-state index contributed by atoms with van der Waals surface area (Å²) in [7, 11) is 2.08. The molecule has 1 fully saturated rings. The first kappa shape index (κ1) is 14.9. The summed E-state index contributed by atoms with van der Waals surface area (Å²) in [4.78, 5) is 23.4. The number of pyridine rings is 1. The van der Waals surface area contributed by atoms with Crippen LogP contribution in [0.4, 0.5) is 0 Å². The van der Waals surface area contributed by atoms with Gasteiger partial charge in [0.15, 0.2) is 0 Å². The summed E-state index contributed by atoms with van der Waals surface area (Å²) >= 11 is 0. The van der Waals surface area contributed by atoms with Gasteiger partial charge in [0.25, 0.3) is 5.91 Å². The van der Waals surface area contributed by atoms with Gasteiger partial charge in [-0.2, -0.15) is 0 Å². The van der Waals surface area contributed by atoms with Crippen LogP contribution in [0.25, 0.3) is 11.0 Å². The molecule has 0 N–H and O–H groups in total. The first-order valence-corrected chi connectivity index (χ1v) is 8.35. The number of nitrogens with zero attached hydrogens (tertiary/aromatic N) is 4. The van der Waals surface area contributed by atoms with Gasteiger partial charge in [0.2, 0.25) is 0 Å². The largest absolute Gasteiger partial charge is 0.337 e. The van der Waals surface area contributed by atoms with E-state index in [9.17, 15) is 4.79 Å². The van der Waals surface area contributed by atoms with Gasteiger partial charge in [-0.3, -0.25) is 9.78 Å². The zero-order chi connectivity index (χ0) is 16.5. The number of aryl methyl sites for hydroxylation is 1. The van der Waals surface area contributed by atoms with Crippen LogP contribution >= 0.6 is 0 Å². The molecule has 0 atom stereocenters. The van der Waals surface area contributed by atoms with Crippen molar-refractivity contribution < 1.29 is 4.79 Å². The number of benzene rings is 1. The van der Waals surface area contributed by atoms with Crippen molar-refractivity contribution >= 4 is 16.9 Å². The monoisotopic (exact) mass is 320 g/mol. The highest BCUT2D eigenvalue weighted by atomic mass is 16.2. The quantitative estimate of drug-likeness (QED) is 0.729. The highest BCUT2D eigenvalue weighted by molar-refractivity contribution is 5.92. The Balaban J connectivity index is 1.49. The summed E-state index contributed by atoms with van der Waals surface area (Å²) in [6.07, 6.45) is 3.55. The lowest BCUT2D eigenvalue weighted by Gasteiger charge is -2.31. The number of amides is 1. The predicted octanol–water partition coefficient (Wildman–Crippen LogP) is 2.99. The van der Waals surface area contributed by atoms with E-state index in [0.29, 0.717) is 11.6 Å². The molecule has 122 valence electrons. The lowest BCUT2D eigenvalue weighted by atomic mass is 9.95. The van der Waals surface area contributed by atoms with Gasteiger partial charge in [-0.05, 0) is 37.1 Å². The molecule has 3 aromatic rings. The molecule has 0 bridgehead atoms. The van der Waals surface area contributed by atoms with Gasteiger partial charge in [0.1, 0.15) is 11.5 Å². The fourth-order valence-corrected chi connectivity index (χ4v) is 3.52. The molecular weight excluding hydrogens is 300 g/mol. The SMILES string of the molecule is Cn1c(C2CCN(C(=O)c3ccccn3)CC2)nc2ccccc21. The minimum absolute atomic E-state index is 0.0269. The number of para-hydroxylation sites is 2. The van der Waals surface area contributed by atoms with E-state index in [0.717, 1.165) is 37.3 Å². The predicted molar refractivity (Wildman–Crippen MR) is 92.8 cm³/mol. The van der Waals surface area contributed by atoms with E-state index in [2.05, 4.69) is 28.7 Å². The van der Waals surface area contributed by atoms with Crippen molar-refractivity contribution in [2.45, 2.75) is 18.8 Å². The van der Waals surface area contributed by atoms with E-state index in [1.165, 1.54) is 5.52 Å². The van der Waals surface area contributed by atoms with Crippen molar-refractivity contribution in [2.75, 3.05) is 13.1 Å². The smallest absolute Gasteiger partial charge is 0.272 e. The van der Waals surface area contributed by atoms with Crippen LogP contribution in [-0.4, -0.2) is 38.4 Å². The second-order valence-corrected chi connectivity index (χ2v) is 6.30. The number of carbonyl (C=O) groups excluding carboxylic acids is 1.